The van der Waals surface area contributed by atoms with Gasteiger partial charge in [0.05, 0.1) is 11.1 Å². The second-order valence-corrected chi connectivity index (χ2v) is 13.8. The van der Waals surface area contributed by atoms with Gasteiger partial charge in [-0.15, -0.1) is 0 Å². The highest BCUT2D eigenvalue weighted by atomic mass is 79.9. The van der Waals surface area contributed by atoms with Crippen LogP contribution >= 0.6 is 27.5 Å². The van der Waals surface area contributed by atoms with Gasteiger partial charge in [0.25, 0.3) is 5.91 Å². The van der Waals surface area contributed by atoms with E-state index in [1.54, 1.807) is 0 Å². The summed E-state index contributed by atoms with van der Waals surface area (Å²) >= 11 is 10.2. The molecule has 1 saturated heterocycles. The minimum Gasteiger partial charge on any atom is -0.460 e. The van der Waals surface area contributed by atoms with Gasteiger partial charge in [-0.1, -0.05) is 59.6 Å². The third kappa shape index (κ3) is 8.01. The summed E-state index contributed by atoms with van der Waals surface area (Å²) in [6.45, 7) is 14.3. The van der Waals surface area contributed by atoms with E-state index < -0.39 is 5.60 Å². The number of fused-ring (bicyclic) bond motifs is 1. The highest BCUT2D eigenvalue weighted by Gasteiger charge is 2.28. The minimum atomic E-state index is -0.555. The van der Waals surface area contributed by atoms with Crippen molar-refractivity contribution in [1.29, 1.82) is 0 Å². The number of carbonyl (C=O) groups excluding carboxylic acids is 2. The Labute approximate surface area is 257 Å². The first-order chi connectivity index (χ1) is 19.3. The molecule has 0 bridgehead atoms. The SMILES string of the molecule is Cc1c(N2CC(C)CC(C)C2)nc2ccc(Br)cc2c1C(=O)NCC(CCC(=O)OC(C)(C)C)c1ccccc1Cl. The molecule has 41 heavy (non-hydrogen) atoms. The molecule has 1 aromatic heterocycles. The van der Waals surface area contributed by atoms with Crippen molar-refractivity contribution in [2.75, 3.05) is 24.5 Å². The Bertz CT molecular complexity index is 1410. The number of anilines is 1. The van der Waals surface area contributed by atoms with E-state index in [0.717, 1.165) is 45.4 Å². The predicted molar refractivity (Wildman–Crippen MR) is 171 cm³/mol. The van der Waals surface area contributed by atoms with Gasteiger partial charge in [0, 0.05) is 52.4 Å². The Morgan fingerprint density at radius 2 is 1.83 bits per heavy atom. The molecule has 2 heterocycles. The molecular formula is C33H41BrClN3O3. The van der Waals surface area contributed by atoms with Crippen LogP contribution in [0.2, 0.25) is 5.02 Å². The van der Waals surface area contributed by atoms with Gasteiger partial charge in [-0.2, -0.15) is 0 Å². The number of hydrogen-bond donors (Lipinski definition) is 1. The topological polar surface area (TPSA) is 71.5 Å². The van der Waals surface area contributed by atoms with E-state index in [0.29, 0.717) is 35.4 Å². The smallest absolute Gasteiger partial charge is 0.306 e. The number of aromatic nitrogens is 1. The lowest BCUT2D eigenvalue weighted by Gasteiger charge is -2.37. The number of nitrogens with zero attached hydrogens (tertiary/aromatic N) is 2. The normalized spacial score (nSPS) is 18.3. The van der Waals surface area contributed by atoms with Crippen molar-refractivity contribution in [2.45, 2.75) is 72.3 Å². The summed E-state index contributed by atoms with van der Waals surface area (Å²) in [4.78, 5) is 33.9. The highest BCUT2D eigenvalue weighted by molar-refractivity contribution is 9.10. The second-order valence-electron chi connectivity index (χ2n) is 12.5. The van der Waals surface area contributed by atoms with Gasteiger partial charge in [-0.05, 0) is 82.2 Å². The summed E-state index contributed by atoms with van der Waals surface area (Å²) in [7, 11) is 0. The maximum Gasteiger partial charge on any atom is 0.306 e. The fourth-order valence-electron chi connectivity index (χ4n) is 5.92. The zero-order valence-corrected chi connectivity index (χ0v) is 27.2. The maximum atomic E-state index is 14.0. The van der Waals surface area contributed by atoms with E-state index in [-0.39, 0.29) is 24.2 Å². The van der Waals surface area contributed by atoms with E-state index in [1.807, 2.05) is 70.2 Å². The number of ether oxygens (including phenoxy) is 1. The van der Waals surface area contributed by atoms with Crippen LogP contribution in [-0.4, -0.2) is 42.1 Å². The van der Waals surface area contributed by atoms with Gasteiger partial charge in [-0.3, -0.25) is 9.59 Å². The lowest BCUT2D eigenvalue weighted by Crippen LogP contribution is -2.40. The van der Waals surface area contributed by atoms with Crippen LogP contribution in [0.4, 0.5) is 5.82 Å². The Morgan fingerprint density at radius 3 is 2.49 bits per heavy atom. The number of halogens is 2. The number of carbonyl (C=O) groups is 2. The quantitative estimate of drug-likeness (QED) is 0.252. The van der Waals surface area contributed by atoms with Crippen LogP contribution in [0.5, 0.6) is 0 Å². The van der Waals surface area contributed by atoms with Crippen LogP contribution in [0, 0.1) is 18.8 Å². The monoisotopic (exact) mass is 641 g/mol. The van der Waals surface area contributed by atoms with Crippen molar-refractivity contribution in [2.24, 2.45) is 11.8 Å². The Hall–Kier alpha value is -2.64. The second kappa shape index (κ2) is 13.1. The van der Waals surface area contributed by atoms with Crippen LogP contribution in [0.3, 0.4) is 0 Å². The molecule has 1 fully saturated rings. The molecule has 3 unspecified atom stereocenters. The first-order valence-electron chi connectivity index (χ1n) is 14.4. The lowest BCUT2D eigenvalue weighted by atomic mass is 9.91. The van der Waals surface area contributed by atoms with Crippen molar-refractivity contribution in [3.63, 3.8) is 0 Å². The zero-order chi connectivity index (χ0) is 29.9. The van der Waals surface area contributed by atoms with Crippen molar-refractivity contribution >= 4 is 56.1 Å². The van der Waals surface area contributed by atoms with Crippen LogP contribution < -0.4 is 10.2 Å². The average molecular weight is 643 g/mol. The summed E-state index contributed by atoms with van der Waals surface area (Å²) in [5.41, 5.74) is 2.63. The molecule has 0 radical (unpaired) electrons. The van der Waals surface area contributed by atoms with Gasteiger partial charge in [0.2, 0.25) is 0 Å². The Morgan fingerprint density at radius 1 is 1.15 bits per heavy atom. The number of amides is 1. The molecule has 1 amide bonds. The van der Waals surface area contributed by atoms with Gasteiger partial charge in [0.1, 0.15) is 11.4 Å². The lowest BCUT2D eigenvalue weighted by molar-refractivity contribution is -0.155. The molecule has 2 aromatic carbocycles. The molecule has 1 N–H and O–H groups in total. The standard InChI is InChI=1S/C33H41BrClN3O3/c1-20-15-21(2)19-38(18-20)31-22(3)30(26-16-24(34)12-13-28(26)37-31)32(40)36-17-23(25-9-7-8-10-27(25)35)11-14-29(39)41-33(4,5)6/h7-10,12-13,16,20-21,23H,11,14-15,17-19H2,1-6H3,(H,36,40). The Balaban J connectivity index is 1.64. The van der Waals surface area contributed by atoms with Gasteiger partial charge >= 0.3 is 5.97 Å². The first kappa shape index (κ1) is 31.3. The van der Waals surface area contributed by atoms with Gasteiger partial charge in [0.15, 0.2) is 0 Å². The van der Waals surface area contributed by atoms with E-state index in [9.17, 15) is 9.59 Å². The summed E-state index contributed by atoms with van der Waals surface area (Å²) in [5, 5.41) is 4.60. The highest BCUT2D eigenvalue weighted by Crippen LogP contribution is 2.34. The number of hydrogen-bond acceptors (Lipinski definition) is 5. The number of pyridine rings is 1. The van der Waals surface area contributed by atoms with E-state index >= 15 is 0 Å². The minimum absolute atomic E-state index is 0.163. The van der Waals surface area contributed by atoms with Crippen LogP contribution in [-0.2, 0) is 9.53 Å². The van der Waals surface area contributed by atoms with Gasteiger partial charge in [-0.25, -0.2) is 4.98 Å². The van der Waals surface area contributed by atoms with E-state index in [2.05, 4.69) is 40.0 Å². The summed E-state index contributed by atoms with van der Waals surface area (Å²) in [6, 6.07) is 13.5. The van der Waals surface area contributed by atoms with Crippen molar-refractivity contribution < 1.29 is 14.3 Å². The predicted octanol–water partition coefficient (Wildman–Crippen LogP) is 8.08. The number of rotatable bonds is 8. The summed E-state index contributed by atoms with van der Waals surface area (Å²) < 4.78 is 6.42. The molecule has 0 saturated carbocycles. The molecule has 6 nitrogen and oxygen atoms in total. The molecular weight excluding hydrogens is 602 g/mol. The number of benzene rings is 2. The van der Waals surface area contributed by atoms with Crippen molar-refractivity contribution in [3.05, 3.63) is 68.7 Å². The van der Waals surface area contributed by atoms with Crippen LogP contribution in [0.25, 0.3) is 10.9 Å². The van der Waals surface area contributed by atoms with Gasteiger partial charge < -0.3 is 15.0 Å². The molecule has 220 valence electrons. The summed E-state index contributed by atoms with van der Waals surface area (Å²) in [5.74, 6) is 1.39. The Kier molecular flexibility index (Phi) is 10.0. The number of piperidine rings is 1. The van der Waals surface area contributed by atoms with E-state index in [4.69, 9.17) is 21.3 Å². The molecule has 8 heteroatoms. The molecule has 1 aliphatic heterocycles. The van der Waals surface area contributed by atoms with Crippen LogP contribution in [0.1, 0.15) is 81.3 Å². The maximum absolute atomic E-state index is 14.0. The average Bonchev–Trinajstić information content (AvgIpc) is 2.87. The van der Waals surface area contributed by atoms with Crippen molar-refractivity contribution in [1.82, 2.24) is 10.3 Å². The fourth-order valence-corrected chi connectivity index (χ4v) is 6.57. The van der Waals surface area contributed by atoms with Crippen LogP contribution in [0.15, 0.2) is 46.9 Å². The largest absolute Gasteiger partial charge is 0.460 e. The molecule has 3 aromatic rings. The number of esters is 1. The van der Waals surface area contributed by atoms with E-state index in [1.165, 1.54) is 6.42 Å². The molecule has 1 aliphatic rings. The molecule has 0 spiro atoms. The number of nitrogens with one attached hydrogen (secondary N) is 1. The third-order valence-corrected chi connectivity index (χ3v) is 8.37. The van der Waals surface area contributed by atoms with Crippen molar-refractivity contribution in [3.8, 4) is 0 Å². The fraction of sp³-hybridized carbons (Fsp3) is 0.485. The molecule has 4 rings (SSSR count). The zero-order valence-electron chi connectivity index (χ0n) is 24.9. The summed E-state index contributed by atoms with van der Waals surface area (Å²) in [6.07, 6.45) is 1.91. The molecule has 0 aliphatic carbocycles. The molecule has 3 atom stereocenters. The first-order valence-corrected chi connectivity index (χ1v) is 15.6. The third-order valence-electron chi connectivity index (χ3n) is 7.53.